The predicted molar refractivity (Wildman–Crippen MR) is 132 cm³/mol. The number of carbonyl (C=O) groups is 3. The fraction of sp³-hybridized carbons (Fsp3) is 0.276. The molecule has 1 aliphatic rings. The molecule has 2 atom stereocenters. The minimum Gasteiger partial charge on any atom is -0.466 e. The number of ether oxygens (including phenoxy) is 2. The summed E-state index contributed by atoms with van der Waals surface area (Å²) in [5.74, 6) is -1.85. The molecule has 3 aromatic rings. The Labute approximate surface area is 205 Å². The highest BCUT2D eigenvalue weighted by atomic mass is 16.6. The lowest BCUT2D eigenvalue weighted by Crippen LogP contribution is -2.44. The molecular weight excluding hydrogens is 442 g/mol. The maximum absolute atomic E-state index is 13.6. The third-order valence-electron chi connectivity index (χ3n) is 6.24. The van der Waals surface area contributed by atoms with E-state index in [4.69, 9.17) is 9.47 Å². The van der Waals surface area contributed by atoms with Gasteiger partial charge in [0.05, 0.1) is 18.6 Å². The maximum atomic E-state index is 13.6. The second-order valence-corrected chi connectivity index (χ2v) is 8.55. The van der Waals surface area contributed by atoms with Crippen molar-refractivity contribution in [3.8, 4) is 0 Å². The van der Waals surface area contributed by atoms with Gasteiger partial charge >= 0.3 is 12.1 Å². The maximum Gasteiger partial charge on any atom is 0.417 e. The highest BCUT2D eigenvalue weighted by Crippen LogP contribution is 2.35. The molecule has 2 amide bonds. The molecule has 0 aliphatic carbocycles. The van der Waals surface area contributed by atoms with E-state index in [9.17, 15) is 14.4 Å². The molecule has 0 bridgehead atoms. The molecule has 0 N–H and O–H groups in total. The second kappa shape index (κ2) is 11.5. The number of nitrogens with zero attached hydrogens (tertiary/aromatic N) is 1. The Morgan fingerprint density at radius 3 is 2.00 bits per heavy atom. The molecule has 1 heterocycles. The van der Waals surface area contributed by atoms with Crippen LogP contribution in [-0.2, 0) is 25.5 Å². The fourth-order valence-corrected chi connectivity index (χ4v) is 4.63. The molecule has 0 spiro atoms. The first kappa shape index (κ1) is 24.2. The minimum atomic E-state index is -0.703. The number of imide groups is 1. The molecule has 1 saturated heterocycles. The van der Waals surface area contributed by atoms with Gasteiger partial charge in [-0.25, -0.2) is 9.69 Å². The van der Waals surface area contributed by atoms with Gasteiger partial charge in [0.2, 0.25) is 5.91 Å². The zero-order valence-electron chi connectivity index (χ0n) is 19.7. The van der Waals surface area contributed by atoms with Gasteiger partial charge in [-0.1, -0.05) is 91.0 Å². The van der Waals surface area contributed by atoms with E-state index in [1.165, 1.54) is 4.90 Å². The smallest absolute Gasteiger partial charge is 0.417 e. The zero-order valence-corrected chi connectivity index (χ0v) is 19.7. The molecule has 0 unspecified atom stereocenters. The van der Waals surface area contributed by atoms with Crippen molar-refractivity contribution in [2.24, 2.45) is 5.92 Å². The number of rotatable bonds is 9. The van der Waals surface area contributed by atoms with Crippen LogP contribution in [0.1, 0.15) is 36.0 Å². The van der Waals surface area contributed by atoms with Crippen molar-refractivity contribution < 1.29 is 23.9 Å². The van der Waals surface area contributed by atoms with Crippen molar-refractivity contribution in [3.05, 3.63) is 108 Å². The lowest BCUT2D eigenvalue weighted by Gasteiger charge is -2.29. The van der Waals surface area contributed by atoms with Gasteiger partial charge in [-0.3, -0.25) is 9.59 Å². The van der Waals surface area contributed by atoms with Crippen molar-refractivity contribution >= 4 is 18.0 Å². The van der Waals surface area contributed by atoms with Crippen LogP contribution in [0.15, 0.2) is 91.0 Å². The number of carbonyl (C=O) groups excluding carboxylic acids is 3. The van der Waals surface area contributed by atoms with Gasteiger partial charge in [0.25, 0.3) is 0 Å². The van der Waals surface area contributed by atoms with Gasteiger partial charge in [0.15, 0.2) is 0 Å². The van der Waals surface area contributed by atoms with E-state index in [2.05, 4.69) is 0 Å². The first-order valence-corrected chi connectivity index (χ1v) is 11.9. The summed E-state index contributed by atoms with van der Waals surface area (Å²) >= 11 is 0. The summed E-state index contributed by atoms with van der Waals surface area (Å²) in [5.41, 5.74) is 2.88. The van der Waals surface area contributed by atoms with E-state index in [0.29, 0.717) is 6.42 Å². The van der Waals surface area contributed by atoms with Crippen LogP contribution in [0.25, 0.3) is 0 Å². The van der Waals surface area contributed by atoms with Gasteiger partial charge in [0, 0.05) is 12.3 Å². The molecule has 0 radical (unpaired) electrons. The van der Waals surface area contributed by atoms with Crippen LogP contribution in [0.4, 0.5) is 4.79 Å². The average Bonchev–Trinajstić information content (AvgIpc) is 3.26. The molecule has 4 rings (SSSR count). The number of esters is 1. The first-order valence-electron chi connectivity index (χ1n) is 11.9. The van der Waals surface area contributed by atoms with E-state index in [1.807, 2.05) is 91.0 Å². The van der Waals surface area contributed by atoms with Crippen molar-refractivity contribution in [2.75, 3.05) is 13.2 Å². The lowest BCUT2D eigenvalue weighted by molar-refractivity contribution is -0.150. The van der Waals surface area contributed by atoms with Crippen LogP contribution >= 0.6 is 0 Å². The van der Waals surface area contributed by atoms with E-state index in [-0.39, 0.29) is 25.6 Å². The zero-order chi connectivity index (χ0) is 24.6. The molecule has 35 heavy (non-hydrogen) atoms. The summed E-state index contributed by atoms with van der Waals surface area (Å²) in [4.78, 5) is 40.3. The first-order chi connectivity index (χ1) is 17.1. The van der Waals surface area contributed by atoms with Crippen molar-refractivity contribution in [1.29, 1.82) is 0 Å². The van der Waals surface area contributed by atoms with Crippen LogP contribution in [0.5, 0.6) is 0 Å². The number of hydrogen-bond donors (Lipinski definition) is 0. The van der Waals surface area contributed by atoms with E-state index in [1.54, 1.807) is 6.92 Å². The van der Waals surface area contributed by atoms with Crippen LogP contribution in [0.3, 0.4) is 0 Å². The Kier molecular flexibility index (Phi) is 7.93. The summed E-state index contributed by atoms with van der Waals surface area (Å²) in [6.07, 6.45) is -0.478. The lowest BCUT2D eigenvalue weighted by atomic mass is 9.84. The molecule has 1 aliphatic heterocycles. The summed E-state index contributed by atoms with van der Waals surface area (Å²) < 4.78 is 10.6. The Balaban J connectivity index is 1.62. The van der Waals surface area contributed by atoms with Crippen molar-refractivity contribution in [2.45, 2.75) is 31.7 Å². The SMILES string of the molecule is CCOC(=O)[C@@H](CC(=O)N1C(=O)OC[C@H]1C(c1ccccc1)c1ccccc1)Cc1ccccc1. The third kappa shape index (κ3) is 5.77. The number of hydrogen-bond acceptors (Lipinski definition) is 5. The molecule has 6 heteroatoms. The predicted octanol–water partition coefficient (Wildman–Crippen LogP) is 4.98. The van der Waals surface area contributed by atoms with Gasteiger partial charge in [0.1, 0.15) is 6.61 Å². The quantitative estimate of drug-likeness (QED) is 0.412. The number of cyclic esters (lactones) is 1. The summed E-state index contributed by atoms with van der Waals surface area (Å²) in [5, 5.41) is 0. The Morgan fingerprint density at radius 2 is 1.46 bits per heavy atom. The van der Waals surface area contributed by atoms with Gasteiger partial charge < -0.3 is 9.47 Å². The van der Waals surface area contributed by atoms with Crippen molar-refractivity contribution in [3.63, 3.8) is 0 Å². The number of amides is 2. The van der Waals surface area contributed by atoms with Gasteiger partial charge in [-0.2, -0.15) is 0 Å². The van der Waals surface area contributed by atoms with Crippen LogP contribution in [-0.4, -0.2) is 42.1 Å². The standard InChI is InChI=1S/C29H29NO5/c1-2-34-28(32)24(18-21-12-6-3-7-13-21)19-26(31)30-25(20-35-29(30)33)27(22-14-8-4-9-15-22)23-16-10-5-11-17-23/h3-17,24-25,27H,2,18-20H2,1H3/t24-,25+/m1/s1. The number of benzene rings is 3. The van der Waals surface area contributed by atoms with Crippen molar-refractivity contribution in [1.82, 2.24) is 4.90 Å². The molecule has 1 fully saturated rings. The Hall–Kier alpha value is -3.93. The van der Waals surface area contributed by atoms with E-state index >= 15 is 0 Å². The molecular formula is C29H29NO5. The van der Waals surface area contributed by atoms with Gasteiger partial charge in [-0.05, 0) is 30.0 Å². The largest absolute Gasteiger partial charge is 0.466 e. The molecule has 6 nitrogen and oxygen atoms in total. The van der Waals surface area contributed by atoms with E-state index in [0.717, 1.165) is 16.7 Å². The molecule has 0 saturated carbocycles. The van der Waals surface area contributed by atoms with Gasteiger partial charge in [-0.15, -0.1) is 0 Å². The normalized spacial score (nSPS) is 16.1. The molecule has 180 valence electrons. The third-order valence-corrected chi connectivity index (χ3v) is 6.24. The van der Waals surface area contributed by atoms with E-state index < -0.39 is 29.9 Å². The van der Waals surface area contributed by atoms with Crippen LogP contribution in [0.2, 0.25) is 0 Å². The summed E-state index contributed by atoms with van der Waals surface area (Å²) in [6.45, 7) is 2.04. The average molecular weight is 472 g/mol. The monoisotopic (exact) mass is 471 g/mol. The fourth-order valence-electron chi connectivity index (χ4n) is 4.63. The minimum absolute atomic E-state index is 0.0851. The topological polar surface area (TPSA) is 72.9 Å². The second-order valence-electron chi connectivity index (χ2n) is 8.55. The van der Waals surface area contributed by atoms with Crippen LogP contribution in [0, 0.1) is 5.92 Å². The highest BCUT2D eigenvalue weighted by Gasteiger charge is 2.44. The summed E-state index contributed by atoms with van der Waals surface area (Å²) in [6, 6.07) is 28.5. The molecule has 3 aromatic carbocycles. The molecule has 0 aromatic heterocycles. The van der Waals surface area contributed by atoms with Crippen LogP contribution < -0.4 is 0 Å². The Morgan fingerprint density at radius 1 is 0.914 bits per heavy atom. The summed E-state index contributed by atoms with van der Waals surface area (Å²) in [7, 11) is 0. The Bertz CT molecular complexity index is 1090. The highest BCUT2D eigenvalue weighted by molar-refractivity contribution is 5.95.